The second-order valence-corrected chi connectivity index (χ2v) is 9.87. The van der Waals surface area contributed by atoms with Crippen molar-refractivity contribution >= 4 is 33.3 Å². The van der Waals surface area contributed by atoms with Crippen LogP contribution in [0.25, 0.3) is 16.5 Å². The molecule has 2 heterocycles. The number of ether oxygens (including phenoxy) is 2. The predicted molar refractivity (Wildman–Crippen MR) is 136 cm³/mol. The SMILES string of the molecule is COc1ccc(C[N+]2(Cc3ccc(OC)cc3)C=C([As])C=C(c3ccc4cn[nH]c4c3)C2)cc1. The average molecular weight is 512 g/mol. The molecule has 5 nitrogen and oxygen atoms in total. The fraction of sp³-hybridized carbons (Fsp3) is 0.179. The fourth-order valence-electron chi connectivity index (χ4n) is 4.69. The molecule has 0 amide bonds. The predicted octanol–water partition coefficient (Wildman–Crippen LogP) is 5.20. The molecule has 0 saturated carbocycles. The van der Waals surface area contributed by atoms with Gasteiger partial charge in [0, 0.05) is 0 Å². The standard InChI is InChI=1S/C28H27AsN3O2/c1-33-26-9-3-20(4-10-26)16-32(17-21-5-11-27(34-2)12-6-21)18-24(13-25(29)19-32)22-7-8-23-15-30-31-28(23)14-22/h3-15,19H,16-18H2,1-2H3,(H,30,31)/q+1. The van der Waals surface area contributed by atoms with Crippen LogP contribution in [0.5, 0.6) is 11.5 Å². The molecular formula is C28H27AsN3O2+. The summed E-state index contributed by atoms with van der Waals surface area (Å²) in [6.07, 6.45) is 6.53. The van der Waals surface area contributed by atoms with E-state index in [-0.39, 0.29) is 0 Å². The van der Waals surface area contributed by atoms with Crippen molar-refractivity contribution in [3.63, 3.8) is 0 Å². The van der Waals surface area contributed by atoms with Gasteiger partial charge in [0.05, 0.1) is 0 Å². The summed E-state index contributed by atoms with van der Waals surface area (Å²) < 4.78 is 12.7. The van der Waals surface area contributed by atoms with Gasteiger partial charge in [-0.3, -0.25) is 0 Å². The molecule has 0 bridgehead atoms. The molecule has 1 aromatic heterocycles. The molecule has 5 rings (SSSR count). The molecule has 0 aliphatic carbocycles. The molecule has 4 aromatic rings. The molecule has 0 saturated heterocycles. The number of rotatable bonds is 7. The Kier molecular flexibility index (Phi) is 6.31. The van der Waals surface area contributed by atoms with Gasteiger partial charge in [-0.25, -0.2) is 0 Å². The van der Waals surface area contributed by atoms with Gasteiger partial charge in [0.2, 0.25) is 0 Å². The first kappa shape index (κ1) is 22.5. The van der Waals surface area contributed by atoms with Gasteiger partial charge in [0.25, 0.3) is 0 Å². The number of nitrogens with zero attached hydrogens (tertiary/aromatic N) is 2. The van der Waals surface area contributed by atoms with Crippen LogP contribution in [-0.4, -0.2) is 52.3 Å². The molecule has 34 heavy (non-hydrogen) atoms. The van der Waals surface area contributed by atoms with Crippen molar-refractivity contribution in [2.45, 2.75) is 13.1 Å². The van der Waals surface area contributed by atoms with Crippen LogP contribution < -0.4 is 9.47 Å². The Bertz CT molecular complexity index is 1310. The van der Waals surface area contributed by atoms with Gasteiger partial charge in [-0.05, 0) is 0 Å². The molecule has 2 radical (unpaired) electrons. The van der Waals surface area contributed by atoms with Crippen LogP contribution in [0.4, 0.5) is 0 Å². The maximum atomic E-state index is 5.37. The van der Waals surface area contributed by atoms with Gasteiger partial charge in [-0.1, -0.05) is 0 Å². The van der Waals surface area contributed by atoms with E-state index in [0.29, 0.717) is 0 Å². The minimum atomic E-state index is 0.787. The minimum absolute atomic E-state index is 0.787. The Labute approximate surface area is 208 Å². The molecule has 6 heteroatoms. The van der Waals surface area contributed by atoms with Gasteiger partial charge in [-0.2, -0.15) is 0 Å². The number of quaternary nitrogens is 1. The molecule has 1 aliphatic heterocycles. The first-order chi connectivity index (χ1) is 16.6. The molecule has 0 atom stereocenters. The molecule has 170 valence electrons. The van der Waals surface area contributed by atoms with Gasteiger partial charge in [0.1, 0.15) is 0 Å². The molecule has 0 spiro atoms. The zero-order chi connectivity index (χ0) is 23.5. The Morgan fingerprint density at radius 2 is 1.50 bits per heavy atom. The number of methoxy groups -OCH3 is 2. The van der Waals surface area contributed by atoms with Crippen molar-refractivity contribution in [3.05, 3.63) is 106 Å². The van der Waals surface area contributed by atoms with E-state index in [1.807, 2.05) is 30.5 Å². The summed E-state index contributed by atoms with van der Waals surface area (Å²) in [6.45, 7) is 2.64. The first-order valence-corrected chi connectivity index (χ1v) is 12.2. The monoisotopic (exact) mass is 512 g/mol. The van der Waals surface area contributed by atoms with Crippen LogP contribution in [-0.2, 0) is 13.1 Å². The van der Waals surface area contributed by atoms with Crippen molar-refractivity contribution in [3.8, 4) is 11.5 Å². The third-order valence-corrected chi connectivity index (χ3v) is 6.85. The van der Waals surface area contributed by atoms with Crippen molar-refractivity contribution < 1.29 is 14.0 Å². The molecule has 1 aliphatic rings. The van der Waals surface area contributed by atoms with Crippen LogP contribution in [0.1, 0.15) is 16.7 Å². The molecule has 0 unspecified atom stereocenters. The Balaban J connectivity index is 1.52. The van der Waals surface area contributed by atoms with Gasteiger partial charge in [0.15, 0.2) is 0 Å². The average Bonchev–Trinajstić information content (AvgIpc) is 3.32. The van der Waals surface area contributed by atoms with Gasteiger partial charge in [-0.15, -0.1) is 0 Å². The Morgan fingerprint density at radius 3 is 2.09 bits per heavy atom. The molecule has 3 aromatic carbocycles. The second-order valence-electron chi connectivity index (χ2n) is 8.78. The number of nitrogens with one attached hydrogen (secondary N) is 1. The van der Waals surface area contributed by atoms with E-state index in [4.69, 9.17) is 9.47 Å². The van der Waals surface area contributed by atoms with E-state index in [0.717, 1.165) is 46.5 Å². The summed E-state index contributed by atoms with van der Waals surface area (Å²) >= 11 is 2.74. The number of allylic oxidation sites excluding steroid dienone is 2. The van der Waals surface area contributed by atoms with Crippen molar-refractivity contribution in [1.29, 1.82) is 0 Å². The maximum absolute atomic E-state index is 5.37. The summed E-state index contributed by atoms with van der Waals surface area (Å²) in [6, 6.07) is 23.4. The summed E-state index contributed by atoms with van der Waals surface area (Å²) in [5, 5.41) is 8.42. The summed E-state index contributed by atoms with van der Waals surface area (Å²) in [5.41, 5.74) is 6.15. The number of aromatic nitrogens is 2. The Hall–Kier alpha value is -3.27. The number of hydrogen-bond donors (Lipinski definition) is 1. The zero-order valence-electron chi connectivity index (χ0n) is 19.4. The zero-order valence-corrected chi connectivity index (χ0v) is 21.2. The van der Waals surface area contributed by atoms with Crippen LogP contribution in [0, 0.1) is 0 Å². The quantitative estimate of drug-likeness (QED) is 0.274. The van der Waals surface area contributed by atoms with E-state index in [1.54, 1.807) is 14.2 Å². The van der Waals surface area contributed by atoms with Crippen LogP contribution >= 0.6 is 0 Å². The van der Waals surface area contributed by atoms with E-state index < -0.39 is 0 Å². The van der Waals surface area contributed by atoms with Crippen LogP contribution in [0.15, 0.2) is 89.6 Å². The van der Waals surface area contributed by atoms with E-state index in [2.05, 4.69) is 81.8 Å². The fourth-order valence-corrected chi connectivity index (χ4v) is 5.53. The van der Waals surface area contributed by atoms with Crippen molar-refractivity contribution in [1.82, 2.24) is 10.2 Å². The van der Waals surface area contributed by atoms with Crippen molar-refractivity contribution in [2.75, 3.05) is 20.8 Å². The van der Waals surface area contributed by atoms with Gasteiger partial charge >= 0.3 is 209 Å². The molecule has 0 fully saturated rings. The normalized spacial score (nSPS) is 15.0. The number of hydrogen-bond acceptors (Lipinski definition) is 3. The summed E-state index contributed by atoms with van der Waals surface area (Å²) in [4.78, 5) is 0. The van der Waals surface area contributed by atoms with E-state index >= 15 is 0 Å². The van der Waals surface area contributed by atoms with E-state index in [9.17, 15) is 0 Å². The van der Waals surface area contributed by atoms with Crippen LogP contribution in [0.3, 0.4) is 0 Å². The second kappa shape index (κ2) is 9.53. The van der Waals surface area contributed by atoms with Crippen LogP contribution in [0.2, 0.25) is 0 Å². The third kappa shape index (κ3) is 4.82. The number of benzene rings is 3. The number of H-pyrrole nitrogens is 1. The van der Waals surface area contributed by atoms with Gasteiger partial charge < -0.3 is 0 Å². The number of fused-ring (bicyclic) bond motifs is 1. The number of aromatic amines is 1. The molecular weight excluding hydrogens is 485 g/mol. The van der Waals surface area contributed by atoms with E-state index in [1.165, 1.54) is 26.6 Å². The van der Waals surface area contributed by atoms with Crippen molar-refractivity contribution in [2.24, 2.45) is 0 Å². The third-order valence-electron chi connectivity index (χ3n) is 6.34. The molecule has 1 N–H and O–H groups in total. The first-order valence-electron chi connectivity index (χ1n) is 11.2. The summed E-state index contributed by atoms with van der Waals surface area (Å²) in [5.74, 6) is 1.75. The Morgan fingerprint density at radius 1 is 0.882 bits per heavy atom. The summed E-state index contributed by atoms with van der Waals surface area (Å²) in [7, 11) is 3.41. The topological polar surface area (TPSA) is 47.1 Å².